The normalized spacial score (nSPS) is 24.5. The standard InChI is InChI=1S/C15H22N4O2.2C2HF3O2/c20-15(13-3-4-16-17-13)19-7-11-9-21-10-14(12(11)8-19)18-5-1-2-6-18;2*3-2(4,5)1(6)7/h3-4,11-12,14H,1-2,5-10H2,(H,16,17);2*(H,6,7)/t11-,12-,14-;;/m1../s1. The van der Waals surface area contributed by atoms with Gasteiger partial charge in [-0.05, 0) is 32.0 Å². The van der Waals surface area contributed by atoms with E-state index in [9.17, 15) is 31.1 Å². The maximum absolute atomic E-state index is 12.5. The van der Waals surface area contributed by atoms with Gasteiger partial charge in [0.05, 0.1) is 13.2 Å². The van der Waals surface area contributed by atoms with E-state index in [1.165, 1.54) is 25.9 Å². The first-order valence-electron chi connectivity index (χ1n) is 10.4. The summed E-state index contributed by atoms with van der Waals surface area (Å²) < 4.78 is 69.3. The molecule has 198 valence electrons. The summed E-state index contributed by atoms with van der Waals surface area (Å²) in [7, 11) is 0. The molecule has 10 nitrogen and oxygen atoms in total. The minimum Gasteiger partial charge on any atom is -0.475 e. The van der Waals surface area contributed by atoms with Gasteiger partial charge in [0, 0.05) is 37.2 Å². The predicted molar refractivity (Wildman–Crippen MR) is 104 cm³/mol. The minimum absolute atomic E-state index is 0.0714. The Hall–Kier alpha value is -2.88. The number of carboxylic acids is 2. The van der Waals surface area contributed by atoms with Crippen molar-refractivity contribution in [3.8, 4) is 0 Å². The molecule has 4 rings (SSSR count). The Morgan fingerprint density at radius 1 is 0.971 bits per heavy atom. The van der Waals surface area contributed by atoms with Gasteiger partial charge in [-0.25, -0.2) is 9.59 Å². The Morgan fingerprint density at radius 2 is 1.51 bits per heavy atom. The number of aromatic amines is 1. The number of likely N-dealkylation sites (tertiary alicyclic amines) is 2. The molecular formula is C19H24F6N4O6. The number of rotatable bonds is 2. The van der Waals surface area contributed by atoms with Crippen LogP contribution in [0.1, 0.15) is 23.3 Å². The Morgan fingerprint density at radius 3 is 1.97 bits per heavy atom. The highest BCUT2D eigenvalue weighted by Gasteiger charge is 2.45. The number of fused-ring (bicyclic) bond motifs is 1. The molecule has 3 saturated heterocycles. The Bertz CT molecular complexity index is 833. The summed E-state index contributed by atoms with van der Waals surface area (Å²) in [6.45, 7) is 5.66. The molecule has 35 heavy (non-hydrogen) atoms. The molecule has 0 aliphatic carbocycles. The lowest BCUT2D eigenvalue weighted by Crippen LogP contribution is -2.49. The number of hydrogen-bond donors (Lipinski definition) is 3. The summed E-state index contributed by atoms with van der Waals surface area (Å²) in [5.41, 5.74) is 0.590. The summed E-state index contributed by atoms with van der Waals surface area (Å²) in [6.07, 6.45) is -5.94. The molecule has 0 saturated carbocycles. The maximum Gasteiger partial charge on any atom is 0.490 e. The number of amides is 1. The summed E-state index contributed by atoms with van der Waals surface area (Å²) in [5.74, 6) is -4.40. The zero-order chi connectivity index (χ0) is 26.4. The van der Waals surface area contributed by atoms with Crippen LogP contribution in [0.4, 0.5) is 26.3 Å². The second-order valence-corrected chi connectivity index (χ2v) is 8.06. The molecule has 1 amide bonds. The highest BCUT2D eigenvalue weighted by molar-refractivity contribution is 5.92. The van der Waals surface area contributed by atoms with Gasteiger partial charge in [-0.1, -0.05) is 0 Å². The molecule has 0 aromatic carbocycles. The fourth-order valence-corrected chi connectivity index (χ4v) is 4.13. The van der Waals surface area contributed by atoms with Crippen molar-refractivity contribution in [2.75, 3.05) is 39.4 Å². The fraction of sp³-hybridized carbons (Fsp3) is 0.684. The number of nitrogens with one attached hydrogen (secondary N) is 1. The molecule has 3 fully saturated rings. The third-order valence-electron chi connectivity index (χ3n) is 5.72. The molecule has 3 atom stereocenters. The topological polar surface area (TPSA) is 136 Å². The van der Waals surface area contributed by atoms with Crippen LogP contribution < -0.4 is 0 Å². The zero-order valence-corrected chi connectivity index (χ0v) is 18.2. The molecule has 1 aromatic heterocycles. The van der Waals surface area contributed by atoms with Gasteiger partial charge in [-0.3, -0.25) is 14.8 Å². The number of ether oxygens (including phenoxy) is 1. The van der Waals surface area contributed by atoms with Gasteiger partial charge in [-0.15, -0.1) is 0 Å². The molecule has 3 aliphatic heterocycles. The van der Waals surface area contributed by atoms with Gasteiger partial charge < -0.3 is 19.8 Å². The number of carboxylic acid groups (broad SMARTS) is 2. The van der Waals surface area contributed by atoms with E-state index in [0.29, 0.717) is 23.6 Å². The van der Waals surface area contributed by atoms with Crippen molar-refractivity contribution in [3.63, 3.8) is 0 Å². The number of aliphatic carboxylic acids is 2. The van der Waals surface area contributed by atoms with Crippen LogP contribution in [0.25, 0.3) is 0 Å². The number of halogens is 6. The lowest BCUT2D eigenvalue weighted by Gasteiger charge is -2.38. The second kappa shape index (κ2) is 11.7. The van der Waals surface area contributed by atoms with Crippen molar-refractivity contribution in [3.05, 3.63) is 18.0 Å². The molecule has 1 aromatic rings. The molecular weight excluding hydrogens is 494 g/mol. The van der Waals surface area contributed by atoms with Crippen molar-refractivity contribution < 1.29 is 55.7 Å². The summed E-state index contributed by atoms with van der Waals surface area (Å²) in [5, 5.41) is 20.9. The highest BCUT2D eigenvalue weighted by Crippen LogP contribution is 2.34. The van der Waals surface area contributed by atoms with Crippen molar-refractivity contribution in [1.82, 2.24) is 20.0 Å². The lowest BCUT2D eigenvalue weighted by molar-refractivity contribution is -0.193. The summed E-state index contributed by atoms with van der Waals surface area (Å²) in [4.78, 5) is 34.8. The quantitative estimate of drug-likeness (QED) is 0.505. The van der Waals surface area contributed by atoms with E-state index in [0.717, 1.165) is 26.3 Å². The van der Waals surface area contributed by atoms with Crippen molar-refractivity contribution >= 4 is 17.8 Å². The van der Waals surface area contributed by atoms with Gasteiger partial charge >= 0.3 is 24.3 Å². The Balaban J connectivity index is 0.000000257. The fourth-order valence-electron chi connectivity index (χ4n) is 4.13. The zero-order valence-electron chi connectivity index (χ0n) is 18.2. The third kappa shape index (κ3) is 8.09. The second-order valence-electron chi connectivity index (χ2n) is 8.06. The molecule has 16 heteroatoms. The molecule has 0 radical (unpaired) electrons. The average Bonchev–Trinajstić information content (AvgIpc) is 3.54. The number of H-pyrrole nitrogens is 1. The number of alkyl halides is 6. The number of nitrogens with zero attached hydrogens (tertiary/aromatic N) is 3. The van der Waals surface area contributed by atoms with Crippen molar-refractivity contribution in [2.45, 2.75) is 31.2 Å². The number of hydrogen-bond acceptors (Lipinski definition) is 6. The summed E-state index contributed by atoms with van der Waals surface area (Å²) >= 11 is 0. The van der Waals surface area contributed by atoms with E-state index < -0.39 is 24.3 Å². The van der Waals surface area contributed by atoms with Gasteiger partial charge in [0.25, 0.3) is 5.91 Å². The van der Waals surface area contributed by atoms with Gasteiger partial charge in [0.1, 0.15) is 5.69 Å². The summed E-state index contributed by atoms with van der Waals surface area (Å²) in [6, 6.07) is 2.24. The number of carbonyl (C=O) groups excluding carboxylic acids is 1. The van der Waals surface area contributed by atoms with Crippen LogP contribution >= 0.6 is 0 Å². The third-order valence-corrected chi connectivity index (χ3v) is 5.72. The monoisotopic (exact) mass is 518 g/mol. The molecule has 3 aliphatic rings. The molecule has 0 spiro atoms. The van der Waals surface area contributed by atoms with Gasteiger partial charge in [-0.2, -0.15) is 31.4 Å². The minimum atomic E-state index is -5.08. The first-order chi connectivity index (χ1) is 16.2. The van der Waals surface area contributed by atoms with Crippen LogP contribution in [0.3, 0.4) is 0 Å². The highest BCUT2D eigenvalue weighted by atomic mass is 19.4. The van der Waals surface area contributed by atoms with Crippen LogP contribution in [0.5, 0.6) is 0 Å². The van der Waals surface area contributed by atoms with Crippen LogP contribution in [0.15, 0.2) is 12.3 Å². The number of carbonyl (C=O) groups is 3. The van der Waals surface area contributed by atoms with Crippen molar-refractivity contribution in [1.29, 1.82) is 0 Å². The Kier molecular flexibility index (Phi) is 9.48. The SMILES string of the molecule is O=C(O)C(F)(F)F.O=C(O)C(F)(F)F.O=C(c1ccn[nH]1)N1C[C@@H]2COC[C@@H](N3CCCC3)[C@@H]2C1. The average molecular weight is 518 g/mol. The van der Waals surface area contributed by atoms with E-state index in [4.69, 9.17) is 24.5 Å². The van der Waals surface area contributed by atoms with Gasteiger partial charge in [0.15, 0.2) is 0 Å². The van der Waals surface area contributed by atoms with Crippen LogP contribution in [-0.4, -0.2) is 106 Å². The molecule has 3 N–H and O–H groups in total. The van der Waals surface area contributed by atoms with E-state index in [1.54, 1.807) is 12.3 Å². The first-order valence-corrected chi connectivity index (χ1v) is 10.4. The van der Waals surface area contributed by atoms with Crippen molar-refractivity contribution in [2.24, 2.45) is 11.8 Å². The van der Waals surface area contributed by atoms with Crippen LogP contribution in [0, 0.1) is 11.8 Å². The van der Waals surface area contributed by atoms with E-state index in [2.05, 4.69) is 15.1 Å². The molecule has 4 heterocycles. The largest absolute Gasteiger partial charge is 0.490 e. The van der Waals surface area contributed by atoms with Crippen LogP contribution in [-0.2, 0) is 14.3 Å². The van der Waals surface area contributed by atoms with Gasteiger partial charge in [0.2, 0.25) is 0 Å². The first kappa shape index (κ1) is 28.4. The predicted octanol–water partition coefficient (Wildman–Crippen LogP) is 1.86. The molecule has 0 bridgehead atoms. The van der Waals surface area contributed by atoms with Crippen LogP contribution in [0.2, 0.25) is 0 Å². The van der Waals surface area contributed by atoms with E-state index in [-0.39, 0.29) is 5.91 Å². The van der Waals surface area contributed by atoms with E-state index >= 15 is 0 Å². The Labute approximate surface area is 194 Å². The smallest absolute Gasteiger partial charge is 0.475 e. The van der Waals surface area contributed by atoms with E-state index in [1.807, 2.05) is 4.90 Å². The lowest BCUT2D eigenvalue weighted by atomic mass is 9.87. The maximum atomic E-state index is 12.5. The molecule has 0 unspecified atom stereocenters. The number of aromatic nitrogens is 2.